The number of aromatic nitrogens is 4. The third kappa shape index (κ3) is 4.13. The molecule has 30 heavy (non-hydrogen) atoms. The predicted molar refractivity (Wildman–Crippen MR) is 123 cm³/mol. The van der Waals surface area contributed by atoms with E-state index in [1.165, 1.54) is 0 Å². The maximum atomic E-state index is 11.0. The number of fused-ring (bicyclic) bond motifs is 1. The van der Waals surface area contributed by atoms with Crippen LogP contribution in [0.4, 0.5) is 0 Å². The largest absolute Gasteiger partial charge is 0.334 e. The minimum atomic E-state index is 0.0826. The molecule has 0 bridgehead atoms. The maximum Gasteiger partial charge on any atom is 0.159 e. The Hall–Kier alpha value is -2.63. The van der Waals surface area contributed by atoms with Crippen LogP contribution in [0.5, 0.6) is 0 Å². The zero-order valence-electron chi connectivity index (χ0n) is 19.1. The van der Waals surface area contributed by atoms with Gasteiger partial charge in [0.05, 0.1) is 17.9 Å². The number of rotatable bonds is 9. The van der Waals surface area contributed by atoms with Crippen LogP contribution in [-0.2, 0) is 19.9 Å². The second kappa shape index (κ2) is 9.45. The number of pyridine rings is 1. The lowest BCUT2D eigenvalue weighted by molar-refractivity contribution is 0.622. The first-order valence-corrected chi connectivity index (χ1v) is 11.1. The van der Waals surface area contributed by atoms with E-state index in [1.54, 1.807) is 0 Å². The zero-order valence-corrected chi connectivity index (χ0v) is 19.1. The van der Waals surface area contributed by atoms with Crippen LogP contribution in [0.2, 0.25) is 0 Å². The molecule has 3 aromatic rings. The highest BCUT2D eigenvalue weighted by atomic mass is 16.3. The standard InChI is InChI=1S/C24H33N5O/c1-7-10-16(13-25-30)18-14-29(6)24-23(18)27-20(9-3)22(28-24)17-11-12-21(15(4)5)26-19(17)8-2/h11-12,14-16H,7-10,13H2,1-6H3/t16-/m0/s1. The monoisotopic (exact) mass is 407 g/mol. The lowest BCUT2D eigenvalue weighted by atomic mass is 9.96. The topological polar surface area (TPSA) is 73.0 Å². The second-order valence-corrected chi connectivity index (χ2v) is 8.28. The summed E-state index contributed by atoms with van der Waals surface area (Å²) in [5, 5.41) is 3.18. The zero-order chi connectivity index (χ0) is 21.8. The van der Waals surface area contributed by atoms with Gasteiger partial charge in [0.1, 0.15) is 5.52 Å². The highest BCUT2D eigenvalue weighted by Crippen LogP contribution is 2.33. The minimum absolute atomic E-state index is 0.0826. The van der Waals surface area contributed by atoms with Crippen LogP contribution in [0.3, 0.4) is 0 Å². The minimum Gasteiger partial charge on any atom is -0.334 e. The molecule has 160 valence electrons. The van der Waals surface area contributed by atoms with Crippen molar-refractivity contribution in [1.29, 1.82) is 0 Å². The molecule has 0 aliphatic heterocycles. The fraction of sp³-hybridized carbons (Fsp3) is 0.542. The van der Waals surface area contributed by atoms with Crippen molar-refractivity contribution in [3.8, 4) is 11.3 Å². The highest BCUT2D eigenvalue weighted by molar-refractivity contribution is 5.81. The van der Waals surface area contributed by atoms with Crippen LogP contribution in [-0.4, -0.2) is 26.1 Å². The molecule has 1 atom stereocenters. The van der Waals surface area contributed by atoms with Crippen LogP contribution in [0.1, 0.15) is 81.9 Å². The summed E-state index contributed by atoms with van der Waals surface area (Å²) in [6.07, 6.45) is 5.61. The SMILES string of the molecule is CCC[C@@H](CN=O)c1cn(C)c2nc(-c3ccc(C(C)C)nc3CC)c(CC)nc12. The van der Waals surface area contributed by atoms with Crippen molar-refractivity contribution >= 4 is 11.2 Å². The molecule has 0 saturated carbocycles. The van der Waals surface area contributed by atoms with Gasteiger partial charge >= 0.3 is 0 Å². The predicted octanol–water partition coefficient (Wildman–Crippen LogP) is 5.93. The summed E-state index contributed by atoms with van der Waals surface area (Å²) in [7, 11) is 1.99. The van der Waals surface area contributed by atoms with Crippen LogP contribution in [0.25, 0.3) is 22.4 Å². The van der Waals surface area contributed by atoms with Gasteiger partial charge in [-0.05, 0) is 37.3 Å². The van der Waals surface area contributed by atoms with Gasteiger partial charge in [-0.2, -0.15) is 4.91 Å². The van der Waals surface area contributed by atoms with E-state index in [0.29, 0.717) is 5.92 Å². The fourth-order valence-corrected chi connectivity index (χ4v) is 4.10. The summed E-state index contributed by atoms with van der Waals surface area (Å²) in [5.41, 5.74) is 7.93. The average molecular weight is 408 g/mol. The van der Waals surface area contributed by atoms with E-state index in [4.69, 9.17) is 15.0 Å². The Labute approximate surface area is 179 Å². The first kappa shape index (κ1) is 22.1. The van der Waals surface area contributed by atoms with E-state index < -0.39 is 0 Å². The Bertz CT molecular complexity index is 1040. The molecule has 0 amide bonds. The number of nitroso groups, excluding NO2 is 1. The fourth-order valence-electron chi connectivity index (χ4n) is 4.10. The molecule has 3 heterocycles. The van der Waals surface area contributed by atoms with Crippen molar-refractivity contribution in [2.75, 3.05) is 6.54 Å². The molecule has 0 fully saturated rings. The number of nitrogens with zero attached hydrogens (tertiary/aromatic N) is 5. The van der Waals surface area contributed by atoms with Gasteiger partial charge in [0.2, 0.25) is 0 Å². The van der Waals surface area contributed by atoms with Crippen molar-refractivity contribution in [2.45, 2.75) is 72.1 Å². The van der Waals surface area contributed by atoms with E-state index in [-0.39, 0.29) is 12.5 Å². The Balaban J connectivity index is 2.21. The van der Waals surface area contributed by atoms with Gasteiger partial charge in [-0.15, -0.1) is 0 Å². The summed E-state index contributed by atoms with van der Waals surface area (Å²) in [4.78, 5) is 26.0. The molecule has 0 N–H and O–H groups in total. The van der Waals surface area contributed by atoms with Crippen LogP contribution in [0.15, 0.2) is 23.5 Å². The third-order valence-corrected chi connectivity index (χ3v) is 5.77. The molecule has 3 rings (SSSR count). The van der Waals surface area contributed by atoms with Gasteiger partial charge in [-0.3, -0.25) is 4.98 Å². The summed E-state index contributed by atoms with van der Waals surface area (Å²) in [6.45, 7) is 11.0. The first-order chi connectivity index (χ1) is 14.4. The summed E-state index contributed by atoms with van der Waals surface area (Å²) in [5.74, 6) is 0.472. The van der Waals surface area contributed by atoms with Crippen LogP contribution >= 0.6 is 0 Å². The molecule has 3 aromatic heterocycles. The summed E-state index contributed by atoms with van der Waals surface area (Å²) < 4.78 is 2.02. The van der Waals surface area contributed by atoms with Crippen molar-refractivity contribution in [3.05, 3.63) is 45.9 Å². The van der Waals surface area contributed by atoms with Gasteiger partial charge in [0.25, 0.3) is 0 Å². The number of hydrogen-bond donors (Lipinski definition) is 0. The molecule has 0 radical (unpaired) electrons. The molecular formula is C24H33N5O. The van der Waals surface area contributed by atoms with Crippen molar-refractivity contribution in [2.24, 2.45) is 12.2 Å². The number of aryl methyl sites for hydroxylation is 3. The quantitative estimate of drug-likeness (QED) is 0.412. The molecule has 0 unspecified atom stereocenters. The second-order valence-electron chi connectivity index (χ2n) is 8.28. The van der Waals surface area contributed by atoms with Gasteiger partial charge in [-0.1, -0.05) is 46.2 Å². The van der Waals surface area contributed by atoms with Crippen LogP contribution < -0.4 is 0 Å². The molecule has 0 aliphatic carbocycles. The normalized spacial score (nSPS) is 12.6. The molecule has 0 spiro atoms. The van der Waals surface area contributed by atoms with E-state index >= 15 is 0 Å². The molecule has 6 heteroatoms. The third-order valence-electron chi connectivity index (χ3n) is 5.77. The Kier molecular flexibility index (Phi) is 6.95. The summed E-state index contributed by atoms with van der Waals surface area (Å²) in [6, 6.07) is 4.25. The Morgan fingerprint density at radius 3 is 2.37 bits per heavy atom. The lowest BCUT2D eigenvalue weighted by Gasteiger charge is -2.15. The van der Waals surface area contributed by atoms with Gasteiger partial charge in [-0.25, -0.2) is 9.97 Å². The van der Waals surface area contributed by atoms with Crippen molar-refractivity contribution in [1.82, 2.24) is 19.5 Å². The number of hydrogen-bond acceptors (Lipinski definition) is 5. The van der Waals surface area contributed by atoms with Gasteiger partial charge in [0, 0.05) is 41.7 Å². The Morgan fingerprint density at radius 2 is 1.77 bits per heavy atom. The first-order valence-electron chi connectivity index (χ1n) is 11.1. The van der Waals surface area contributed by atoms with Gasteiger partial charge < -0.3 is 4.57 Å². The highest BCUT2D eigenvalue weighted by Gasteiger charge is 2.22. The van der Waals surface area contributed by atoms with E-state index in [0.717, 1.165) is 70.7 Å². The molecular weight excluding hydrogens is 374 g/mol. The van der Waals surface area contributed by atoms with Crippen molar-refractivity contribution < 1.29 is 0 Å². The molecule has 0 aliphatic rings. The Morgan fingerprint density at radius 1 is 1.03 bits per heavy atom. The average Bonchev–Trinajstić information content (AvgIpc) is 3.07. The van der Waals surface area contributed by atoms with Crippen LogP contribution in [0, 0.1) is 4.91 Å². The smallest absolute Gasteiger partial charge is 0.159 e. The lowest BCUT2D eigenvalue weighted by Crippen LogP contribution is -2.06. The molecule has 0 aromatic carbocycles. The van der Waals surface area contributed by atoms with E-state index in [2.05, 4.69) is 58.1 Å². The molecule has 6 nitrogen and oxygen atoms in total. The van der Waals surface area contributed by atoms with Crippen molar-refractivity contribution in [3.63, 3.8) is 0 Å². The molecule has 0 saturated heterocycles. The van der Waals surface area contributed by atoms with E-state index in [1.807, 2.05) is 11.6 Å². The van der Waals surface area contributed by atoms with E-state index in [9.17, 15) is 4.91 Å². The van der Waals surface area contributed by atoms with Gasteiger partial charge in [0.15, 0.2) is 5.65 Å². The summed E-state index contributed by atoms with van der Waals surface area (Å²) >= 11 is 0. The maximum absolute atomic E-state index is 11.0.